The number of nitrogens with one attached hydrogen (secondary N) is 2. The summed E-state index contributed by atoms with van der Waals surface area (Å²) in [5.41, 5.74) is 2.35. The maximum absolute atomic E-state index is 14.0. The Morgan fingerprint density at radius 2 is 1.91 bits per heavy atom. The van der Waals surface area contributed by atoms with Gasteiger partial charge in [-0.2, -0.15) is 10.1 Å². The number of benzene rings is 2. The molecule has 0 amide bonds. The van der Waals surface area contributed by atoms with Crippen molar-refractivity contribution in [2.24, 2.45) is 0 Å². The molecule has 0 unspecified atom stereocenters. The molecule has 2 N–H and O–H groups in total. The van der Waals surface area contributed by atoms with Crippen molar-refractivity contribution >= 4 is 10.9 Å². The van der Waals surface area contributed by atoms with Crippen LogP contribution in [0.1, 0.15) is 0 Å². The van der Waals surface area contributed by atoms with Crippen LogP contribution in [0, 0.1) is 5.82 Å². The zero-order valence-corrected chi connectivity index (χ0v) is 11.9. The predicted octanol–water partition coefficient (Wildman–Crippen LogP) is 3.12. The Kier molecular flexibility index (Phi) is 3.01. The van der Waals surface area contributed by atoms with Crippen molar-refractivity contribution in [3.63, 3.8) is 0 Å². The zero-order chi connectivity index (χ0) is 15.8. The van der Waals surface area contributed by atoms with Gasteiger partial charge in [0.25, 0.3) is 0 Å². The largest absolute Gasteiger partial charge is 0.345 e. The fourth-order valence-corrected chi connectivity index (χ4v) is 2.53. The van der Waals surface area contributed by atoms with E-state index < -0.39 is 11.5 Å². The average molecular weight is 306 g/mol. The van der Waals surface area contributed by atoms with E-state index in [2.05, 4.69) is 20.2 Å². The quantitative estimate of drug-likeness (QED) is 0.597. The van der Waals surface area contributed by atoms with Crippen LogP contribution in [0.15, 0.2) is 59.5 Å². The second kappa shape index (κ2) is 5.17. The molecule has 0 fully saturated rings. The van der Waals surface area contributed by atoms with E-state index in [4.69, 9.17) is 0 Å². The highest BCUT2D eigenvalue weighted by molar-refractivity contribution is 5.83. The monoisotopic (exact) mass is 306 g/mol. The van der Waals surface area contributed by atoms with Crippen LogP contribution in [0.5, 0.6) is 0 Å². The summed E-state index contributed by atoms with van der Waals surface area (Å²) in [6.45, 7) is 0. The van der Waals surface area contributed by atoms with Crippen molar-refractivity contribution in [1.82, 2.24) is 20.2 Å². The molecule has 0 aliphatic rings. The first kappa shape index (κ1) is 13.4. The molecule has 2 aromatic heterocycles. The molecule has 2 heterocycles. The smallest absolute Gasteiger partial charge is 0.305 e. The van der Waals surface area contributed by atoms with Gasteiger partial charge in [-0.1, -0.05) is 18.2 Å². The van der Waals surface area contributed by atoms with E-state index in [9.17, 15) is 9.18 Å². The number of aromatic amines is 2. The van der Waals surface area contributed by atoms with Crippen molar-refractivity contribution < 1.29 is 4.39 Å². The molecule has 0 aliphatic heterocycles. The van der Waals surface area contributed by atoms with Crippen LogP contribution in [-0.2, 0) is 0 Å². The van der Waals surface area contributed by atoms with Gasteiger partial charge in [0.1, 0.15) is 5.82 Å². The Labute approximate surface area is 129 Å². The molecule has 0 atom stereocenters. The lowest BCUT2D eigenvalue weighted by atomic mass is 10.1. The van der Waals surface area contributed by atoms with E-state index >= 15 is 0 Å². The van der Waals surface area contributed by atoms with Crippen LogP contribution < -0.4 is 5.69 Å². The second-order valence-corrected chi connectivity index (χ2v) is 5.14. The van der Waals surface area contributed by atoms with E-state index in [0.717, 1.165) is 16.5 Å². The van der Waals surface area contributed by atoms with E-state index in [1.54, 1.807) is 30.5 Å². The van der Waals surface area contributed by atoms with Crippen molar-refractivity contribution in [1.29, 1.82) is 0 Å². The molecule has 2 aromatic carbocycles. The van der Waals surface area contributed by atoms with Crippen molar-refractivity contribution in [3.8, 4) is 22.5 Å². The van der Waals surface area contributed by atoms with E-state index in [0.29, 0.717) is 17.0 Å². The highest BCUT2D eigenvalue weighted by Crippen LogP contribution is 2.25. The molecule has 0 saturated heterocycles. The van der Waals surface area contributed by atoms with Gasteiger partial charge in [0.15, 0.2) is 0 Å². The van der Waals surface area contributed by atoms with Gasteiger partial charge >= 0.3 is 5.69 Å². The van der Waals surface area contributed by atoms with Crippen molar-refractivity contribution in [2.75, 3.05) is 0 Å². The summed E-state index contributed by atoms with van der Waals surface area (Å²) < 4.78 is 14.0. The average Bonchev–Trinajstić information content (AvgIpc) is 3.02. The molecule has 0 radical (unpaired) electrons. The maximum Gasteiger partial charge on any atom is 0.345 e. The first-order valence-electron chi connectivity index (χ1n) is 7.00. The van der Waals surface area contributed by atoms with Gasteiger partial charge in [0.2, 0.25) is 0 Å². The van der Waals surface area contributed by atoms with Crippen LogP contribution >= 0.6 is 0 Å². The summed E-state index contributed by atoms with van der Waals surface area (Å²) in [7, 11) is 0. The molecule has 23 heavy (non-hydrogen) atoms. The van der Waals surface area contributed by atoms with Gasteiger partial charge < -0.3 is 4.98 Å². The molecular weight excluding hydrogens is 295 g/mol. The summed E-state index contributed by atoms with van der Waals surface area (Å²) in [5, 5.41) is 7.75. The Morgan fingerprint density at radius 3 is 2.78 bits per heavy atom. The summed E-state index contributed by atoms with van der Waals surface area (Å²) >= 11 is 0. The number of H-pyrrole nitrogens is 2. The topological polar surface area (TPSA) is 74.4 Å². The normalized spacial score (nSPS) is 11.0. The Balaban J connectivity index is 1.89. The highest BCUT2D eigenvalue weighted by Gasteiger charge is 2.09. The third kappa shape index (κ3) is 2.40. The summed E-state index contributed by atoms with van der Waals surface area (Å²) in [5.74, 6) is -0.398. The second-order valence-electron chi connectivity index (χ2n) is 5.14. The lowest BCUT2D eigenvalue weighted by molar-refractivity contribution is 0.630. The Hall–Kier alpha value is -3.28. The summed E-state index contributed by atoms with van der Waals surface area (Å²) in [6.07, 6.45) is 1.70. The predicted molar refractivity (Wildman–Crippen MR) is 85.3 cm³/mol. The van der Waals surface area contributed by atoms with Crippen LogP contribution in [0.2, 0.25) is 0 Å². The number of rotatable bonds is 2. The molecule has 0 saturated carbocycles. The van der Waals surface area contributed by atoms with Gasteiger partial charge in [-0.25, -0.2) is 9.18 Å². The number of halogens is 1. The number of hydrogen-bond acceptors (Lipinski definition) is 3. The zero-order valence-electron chi connectivity index (χ0n) is 11.9. The summed E-state index contributed by atoms with van der Waals surface area (Å²) in [6, 6.07) is 13.5. The van der Waals surface area contributed by atoms with Gasteiger partial charge in [0.05, 0.1) is 23.1 Å². The third-order valence-electron chi connectivity index (χ3n) is 3.64. The molecule has 112 valence electrons. The van der Waals surface area contributed by atoms with Crippen LogP contribution in [-0.4, -0.2) is 20.2 Å². The number of fused-ring (bicyclic) bond motifs is 1. The molecule has 0 aliphatic carbocycles. The minimum atomic E-state index is -0.520. The summed E-state index contributed by atoms with van der Waals surface area (Å²) in [4.78, 5) is 18.4. The van der Waals surface area contributed by atoms with Gasteiger partial charge in [0, 0.05) is 16.5 Å². The fourth-order valence-electron chi connectivity index (χ4n) is 2.53. The maximum atomic E-state index is 14.0. The molecular formula is C17H11FN4O. The first-order chi connectivity index (χ1) is 11.2. The lowest BCUT2D eigenvalue weighted by Gasteiger charge is -2.06. The standard InChI is InChI=1S/C17H11FN4O/c18-13-4-2-1-3-12(13)16-8-15(20-17(23)21-16)10-5-6-14-11(7-10)9-19-22-14/h1-9H,(H,19,22)(H,20,21,23). The molecule has 6 heteroatoms. The SMILES string of the molecule is O=c1nc(-c2ccc3[nH]ncc3c2)cc(-c2ccccc2F)[nH]1. The minimum absolute atomic E-state index is 0.331. The number of hydrogen-bond donors (Lipinski definition) is 2. The van der Waals surface area contributed by atoms with Crippen molar-refractivity contribution in [2.45, 2.75) is 0 Å². The van der Waals surface area contributed by atoms with Gasteiger partial charge in [-0.15, -0.1) is 0 Å². The first-order valence-corrected chi connectivity index (χ1v) is 7.00. The number of aromatic nitrogens is 4. The lowest BCUT2D eigenvalue weighted by Crippen LogP contribution is -2.12. The third-order valence-corrected chi connectivity index (χ3v) is 3.64. The molecule has 0 bridgehead atoms. The highest BCUT2D eigenvalue weighted by atomic mass is 19.1. The molecule has 4 aromatic rings. The molecule has 4 rings (SSSR count). The van der Waals surface area contributed by atoms with Crippen molar-refractivity contribution in [3.05, 3.63) is 71.0 Å². The van der Waals surface area contributed by atoms with E-state index in [1.165, 1.54) is 6.07 Å². The van der Waals surface area contributed by atoms with Crippen LogP contribution in [0.3, 0.4) is 0 Å². The van der Waals surface area contributed by atoms with Crippen LogP contribution in [0.4, 0.5) is 4.39 Å². The fraction of sp³-hybridized carbons (Fsp3) is 0. The Bertz CT molecular complexity index is 1070. The number of nitrogens with zero attached hydrogens (tertiary/aromatic N) is 2. The molecule has 0 spiro atoms. The van der Waals surface area contributed by atoms with E-state index in [1.807, 2.05) is 18.2 Å². The van der Waals surface area contributed by atoms with Crippen LogP contribution in [0.25, 0.3) is 33.4 Å². The Morgan fingerprint density at radius 1 is 1.04 bits per heavy atom. The van der Waals surface area contributed by atoms with Gasteiger partial charge in [-0.05, 0) is 30.3 Å². The van der Waals surface area contributed by atoms with Gasteiger partial charge in [-0.3, -0.25) is 5.10 Å². The minimum Gasteiger partial charge on any atom is -0.305 e. The van der Waals surface area contributed by atoms with E-state index in [-0.39, 0.29) is 0 Å². The molecule has 5 nitrogen and oxygen atoms in total.